The van der Waals surface area contributed by atoms with Crippen LogP contribution >= 0.6 is 0 Å². The molecule has 0 bridgehead atoms. The molecule has 0 aliphatic carbocycles. The van der Waals surface area contributed by atoms with Crippen LogP contribution in [0, 0.1) is 47.7 Å². The highest BCUT2D eigenvalue weighted by atomic mass is 16.5. The van der Waals surface area contributed by atoms with E-state index in [9.17, 15) is 0 Å². The normalized spacial score (nSPS) is 7.30. The fraction of sp³-hybridized carbons (Fsp3) is 0.222. The van der Waals surface area contributed by atoms with E-state index >= 15 is 0 Å². The van der Waals surface area contributed by atoms with Crippen LogP contribution in [0.1, 0.15) is 26.7 Å². The Labute approximate surface area is 120 Å². The Balaban J connectivity index is 2.45. The third-order valence-corrected chi connectivity index (χ3v) is 2.01. The van der Waals surface area contributed by atoms with Gasteiger partial charge in [-0.2, -0.15) is 0 Å². The van der Waals surface area contributed by atoms with E-state index in [1.165, 1.54) is 0 Å². The van der Waals surface area contributed by atoms with E-state index < -0.39 is 0 Å². The van der Waals surface area contributed by atoms with Crippen LogP contribution in [0.4, 0.5) is 0 Å². The molecule has 20 heavy (non-hydrogen) atoms. The van der Waals surface area contributed by atoms with Gasteiger partial charge in [0.15, 0.2) is 0 Å². The van der Waals surface area contributed by atoms with Gasteiger partial charge in [-0.05, 0) is 50.0 Å². The van der Waals surface area contributed by atoms with Gasteiger partial charge in [-0.25, -0.2) is 0 Å². The number of hydrogen-bond acceptors (Lipinski definition) is 2. The van der Waals surface area contributed by atoms with Crippen molar-refractivity contribution in [3.63, 3.8) is 0 Å². The Kier molecular flexibility index (Phi) is 7.58. The monoisotopic (exact) mass is 262 g/mol. The van der Waals surface area contributed by atoms with Crippen LogP contribution in [-0.4, -0.2) is 0 Å². The highest BCUT2D eigenvalue weighted by Crippen LogP contribution is 2.16. The van der Waals surface area contributed by atoms with Crippen LogP contribution in [-0.2, 0) is 0 Å². The highest BCUT2D eigenvalue weighted by molar-refractivity contribution is 5.33. The van der Waals surface area contributed by atoms with Crippen molar-refractivity contribution in [3.05, 3.63) is 24.3 Å². The standard InChI is InChI=1S/C18H14O2/c1-3-5-7-9-15-19-17-11-13-18(14-12-17)20-16-10-8-6-4-2/h11-14H,7-8H2,1-2H3. The average molecular weight is 262 g/mol. The second-order valence-electron chi connectivity index (χ2n) is 3.44. The Bertz CT molecular complexity index is 593. The summed E-state index contributed by atoms with van der Waals surface area (Å²) < 4.78 is 10.5. The molecular weight excluding hydrogens is 248 g/mol. The topological polar surface area (TPSA) is 18.5 Å². The van der Waals surface area contributed by atoms with Gasteiger partial charge in [0.25, 0.3) is 0 Å². The molecule has 98 valence electrons. The highest BCUT2D eigenvalue weighted by Gasteiger charge is 1.93. The minimum Gasteiger partial charge on any atom is -0.408 e. The summed E-state index contributed by atoms with van der Waals surface area (Å²) in [5, 5.41) is 0. The van der Waals surface area contributed by atoms with E-state index in [1.807, 2.05) is 0 Å². The molecular formula is C18H14O2. The summed E-state index contributed by atoms with van der Waals surface area (Å²) in [6.07, 6.45) is 6.19. The Hall–Kier alpha value is -2.94. The molecule has 2 nitrogen and oxygen atoms in total. The maximum atomic E-state index is 5.23. The lowest BCUT2D eigenvalue weighted by Gasteiger charge is -1.98. The molecule has 0 aromatic heterocycles. The summed E-state index contributed by atoms with van der Waals surface area (Å²) >= 11 is 0. The molecule has 0 aliphatic rings. The van der Waals surface area contributed by atoms with Gasteiger partial charge in [-0.15, -0.1) is 11.8 Å². The van der Waals surface area contributed by atoms with Gasteiger partial charge in [0, 0.05) is 0 Å². The predicted molar refractivity (Wildman–Crippen MR) is 79.4 cm³/mol. The van der Waals surface area contributed by atoms with Crippen molar-refractivity contribution in [3.8, 4) is 59.2 Å². The first kappa shape index (κ1) is 15.1. The van der Waals surface area contributed by atoms with Gasteiger partial charge < -0.3 is 9.47 Å². The van der Waals surface area contributed by atoms with Crippen molar-refractivity contribution in [1.29, 1.82) is 0 Å². The summed E-state index contributed by atoms with van der Waals surface area (Å²) in [6.45, 7) is 3.55. The van der Waals surface area contributed by atoms with Crippen molar-refractivity contribution in [2.24, 2.45) is 0 Å². The molecule has 0 saturated carbocycles. The Morgan fingerprint density at radius 2 is 1.10 bits per heavy atom. The largest absolute Gasteiger partial charge is 0.408 e. The van der Waals surface area contributed by atoms with Crippen molar-refractivity contribution in [2.75, 3.05) is 0 Å². The van der Waals surface area contributed by atoms with E-state index in [0.717, 1.165) is 0 Å². The van der Waals surface area contributed by atoms with Crippen LogP contribution in [0.5, 0.6) is 11.5 Å². The van der Waals surface area contributed by atoms with Crippen LogP contribution in [0.2, 0.25) is 0 Å². The smallest absolute Gasteiger partial charge is 0.140 e. The van der Waals surface area contributed by atoms with Gasteiger partial charge in [0.05, 0.1) is 12.8 Å². The van der Waals surface area contributed by atoms with Gasteiger partial charge in [0.1, 0.15) is 23.7 Å². The molecule has 0 fully saturated rings. The lowest BCUT2D eigenvalue weighted by atomic mass is 10.3. The van der Waals surface area contributed by atoms with Crippen LogP contribution in [0.3, 0.4) is 0 Å². The third-order valence-electron chi connectivity index (χ3n) is 2.01. The van der Waals surface area contributed by atoms with Gasteiger partial charge >= 0.3 is 0 Å². The number of ether oxygens (including phenoxy) is 2. The van der Waals surface area contributed by atoms with Crippen LogP contribution < -0.4 is 9.47 Å². The fourth-order valence-corrected chi connectivity index (χ4v) is 1.10. The van der Waals surface area contributed by atoms with E-state index in [4.69, 9.17) is 9.47 Å². The maximum Gasteiger partial charge on any atom is 0.140 e. The predicted octanol–water partition coefficient (Wildman–Crippen LogP) is 3.19. The second kappa shape index (κ2) is 10.0. The summed E-state index contributed by atoms with van der Waals surface area (Å²) in [6, 6.07) is 7.07. The molecule has 0 amide bonds. The van der Waals surface area contributed by atoms with Crippen molar-refractivity contribution in [2.45, 2.75) is 26.7 Å². The molecule has 0 saturated heterocycles. The zero-order valence-corrected chi connectivity index (χ0v) is 11.5. The van der Waals surface area contributed by atoms with Crippen molar-refractivity contribution < 1.29 is 9.47 Å². The second-order valence-corrected chi connectivity index (χ2v) is 3.44. The summed E-state index contributed by atoms with van der Waals surface area (Å²) in [5.74, 6) is 18.1. The molecule has 1 rings (SSSR count). The van der Waals surface area contributed by atoms with Crippen molar-refractivity contribution >= 4 is 0 Å². The molecule has 2 heteroatoms. The first-order valence-electron chi connectivity index (χ1n) is 6.05. The SMILES string of the molecule is CC#CCC#COc1ccc(OC#CCC#CC)cc1. The van der Waals surface area contributed by atoms with E-state index in [0.29, 0.717) is 24.3 Å². The maximum absolute atomic E-state index is 5.23. The molecule has 0 aliphatic heterocycles. The van der Waals surface area contributed by atoms with Gasteiger partial charge in [0.2, 0.25) is 0 Å². The van der Waals surface area contributed by atoms with Gasteiger partial charge in [-0.3, -0.25) is 0 Å². The lowest BCUT2D eigenvalue weighted by Crippen LogP contribution is -1.85. The molecule has 0 radical (unpaired) electrons. The Morgan fingerprint density at radius 1 is 0.700 bits per heavy atom. The van der Waals surface area contributed by atoms with E-state index in [2.05, 4.69) is 47.7 Å². The summed E-state index contributed by atoms with van der Waals surface area (Å²) in [5.41, 5.74) is 0. The van der Waals surface area contributed by atoms with Crippen LogP contribution in [0.25, 0.3) is 0 Å². The number of rotatable bonds is 2. The van der Waals surface area contributed by atoms with Crippen LogP contribution in [0.15, 0.2) is 24.3 Å². The minimum atomic E-state index is 0.508. The first-order chi connectivity index (χ1) is 9.86. The molecule has 0 unspecified atom stereocenters. The number of hydrogen-bond donors (Lipinski definition) is 0. The van der Waals surface area contributed by atoms with E-state index in [1.54, 1.807) is 38.1 Å². The molecule has 0 spiro atoms. The zero-order chi connectivity index (χ0) is 14.5. The summed E-state index contributed by atoms with van der Waals surface area (Å²) in [7, 11) is 0. The number of benzene rings is 1. The summed E-state index contributed by atoms with van der Waals surface area (Å²) in [4.78, 5) is 0. The first-order valence-corrected chi connectivity index (χ1v) is 6.05. The third kappa shape index (κ3) is 6.71. The fourth-order valence-electron chi connectivity index (χ4n) is 1.10. The molecule has 1 aromatic carbocycles. The van der Waals surface area contributed by atoms with E-state index in [-0.39, 0.29) is 0 Å². The molecule has 0 atom stereocenters. The van der Waals surface area contributed by atoms with Gasteiger partial charge in [-0.1, -0.05) is 11.8 Å². The molecule has 0 N–H and O–H groups in total. The quantitative estimate of drug-likeness (QED) is 0.762. The van der Waals surface area contributed by atoms with Crippen molar-refractivity contribution in [1.82, 2.24) is 0 Å². The molecule has 0 heterocycles. The zero-order valence-electron chi connectivity index (χ0n) is 11.5. The molecule has 1 aromatic rings. The minimum absolute atomic E-state index is 0.508. The average Bonchev–Trinajstić information content (AvgIpc) is 2.48. The Morgan fingerprint density at radius 3 is 1.45 bits per heavy atom. The lowest BCUT2D eigenvalue weighted by molar-refractivity contribution is 0.504.